The standard InChI is InChI=1S/C12H20N2O6/c1-12(2)19-8-7(5-16)18-11(9(8)20-12)14-3-6(4-15)10(13)17/h3,6-9,11,15-16H,4-5H2,1-2H3,(H2,13,17). The van der Waals surface area contributed by atoms with E-state index in [0.717, 1.165) is 0 Å². The van der Waals surface area contributed by atoms with Crippen LogP contribution in [0.25, 0.3) is 0 Å². The number of carbonyl (C=O) groups is 1. The first-order chi connectivity index (χ1) is 9.38. The third-order valence-corrected chi connectivity index (χ3v) is 3.28. The summed E-state index contributed by atoms with van der Waals surface area (Å²) in [6, 6.07) is 0. The molecule has 0 bridgehead atoms. The molecule has 114 valence electrons. The molecule has 0 aromatic rings. The van der Waals surface area contributed by atoms with Crippen molar-refractivity contribution in [2.75, 3.05) is 13.2 Å². The van der Waals surface area contributed by atoms with E-state index in [1.165, 1.54) is 6.21 Å². The van der Waals surface area contributed by atoms with Crippen molar-refractivity contribution < 1.29 is 29.2 Å². The summed E-state index contributed by atoms with van der Waals surface area (Å²) in [4.78, 5) is 15.1. The molecule has 2 saturated heterocycles. The Labute approximate surface area is 116 Å². The number of nitrogens with zero attached hydrogens (tertiary/aromatic N) is 1. The van der Waals surface area contributed by atoms with Gasteiger partial charge in [-0.3, -0.25) is 9.79 Å². The number of aliphatic hydroxyl groups is 2. The van der Waals surface area contributed by atoms with Crippen LogP contribution in [0.15, 0.2) is 4.99 Å². The molecular formula is C12H20N2O6. The summed E-state index contributed by atoms with van der Waals surface area (Å²) >= 11 is 0. The summed E-state index contributed by atoms with van der Waals surface area (Å²) in [5, 5.41) is 18.3. The number of aliphatic hydroxyl groups excluding tert-OH is 2. The Kier molecular flexibility index (Phi) is 4.40. The highest BCUT2D eigenvalue weighted by Gasteiger charge is 2.55. The predicted octanol–water partition coefficient (Wildman–Crippen LogP) is -1.61. The van der Waals surface area contributed by atoms with Gasteiger partial charge in [-0.1, -0.05) is 0 Å². The summed E-state index contributed by atoms with van der Waals surface area (Å²) in [6.07, 6.45) is -0.875. The van der Waals surface area contributed by atoms with Gasteiger partial charge in [-0.15, -0.1) is 0 Å². The maximum absolute atomic E-state index is 11.0. The van der Waals surface area contributed by atoms with E-state index < -0.39 is 48.8 Å². The molecule has 2 fully saturated rings. The van der Waals surface area contributed by atoms with Gasteiger partial charge in [0, 0.05) is 6.21 Å². The van der Waals surface area contributed by atoms with E-state index in [1.807, 2.05) is 0 Å². The van der Waals surface area contributed by atoms with E-state index in [0.29, 0.717) is 0 Å². The average Bonchev–Trinajstić information content (AvgIpc) is 2.83. The van der Waals surface area contributed by atoms with E-state index in [9.17, 15) is 9.90 Å². The molecule has 20 heavy (non-hydrogen) atoms. The summed E-state index contributed by atoms with van der Waals surface area (Å²) < 4.78 is 16.9. The molecule has 0 saturated carbocycles. The minimum atomic E-state index is -0.874. The van der Waals surface area contributed by atoms with Crippen LogP contribution < -0.4 is 5.73 Å². The molecule has 5 unspecified atom stereocenters. The van der Waals surface area contributed by atoms with Gasteiger partial charge in [-0.2, -0.15) is 0 Å². The zero-order chi connectivity index (χ0) is 14.9. The molecule has 0 aromatic carbocycles. The van der Waals surface area contributed by atoms with Gasteiger partial charge in [0.15, 0.2) is 12.0 Å². The van der Waals surface area contributed by atoms with E-state index in [4.69, 9.17) is 25.1 Å². The predicted molar refractivity (Wildman–Crippen MR) is 67.8 cm³/mol. The number of ether oxygens (including phenoxy) is 3. The number of fused-ring (bicyclic) bond motifs is 1. The molecule has 1 amide bonds. The molecule has 5 atom stereocenters. The number of hydrogen-bond donors (Lipinski definition) is 3. The van der Waals surface area contributed by atoms with E-state index in [1.54, 1.807) is 13.8 Å². The van der Waals surface area contributed by atoms with Crippen LogP contribution >= 0.6 is 0 Å². The summed E-state index contributed by atoms with van der Waals surface area (Å²) in [6.45, 7) is 2.89. The SMILES string of the molecule is CC1(C)OC2C(CO)OC(N=CC(CO)C(N)=O)C2O1. The smallest absolute Gasteiger partial charge is 0.228 e. The highest BCUT2D eigenvalue weighted by atomic mass is 16.8. The van der Waals surface area contributed by atoms with E-state index in [-0.39, 0.29) is 6.61 Å². The summed E-state index contributed by atoms with van der Waals surface area (Å²) in [7, 11) is 0. The highest BCUT2D eigenvalue weighted by molar-refractivity contribution is 5.92. The molecule has 0 aromatic heterocycles. The number of rotatable bonds is 5. The Morgan fingerprint density at radius 1 is 1.40 bits per heavy atom. The van der Waals surface area contributed by atoms with Crippen LogP contribution in [0.3, 0.4) is 0 Å². The third-order valence-electron chi connectivity index (χ3n) is 3.28. The number of aliphatic imine (C=N–C) groups is 1. The fourth-order valence-corrected chi connectivity index (χ4v) is 2.33. The first-order valence-corrected chi connectivity index (χ1v) is 6.43. The Balaban J connectivity index is 2.09. The molecule has 2 aliphatic rings. The molecule has 2 rings (SSSR count). The maximum atomic E-state index is 11.0. The second-order valence-electron chi connectivity index (χ2n) is 5.30. The van der Waals surface area contributed by atoms with Crippen molar-refractivity contribution in [2.24, 2.45) is 16.6 Å². The van der Waals surface area contributed by atoms with E-state index >= 15 is 0 Å². The first-order valence-electron chi connectivity index (χ1n) is 6.43. The van der Waals surface area contributed by atoms with Crippen LogP contribution in [0.1, 0.15) is 13.8 Å². The Morgan fingerprint density at radius 2 is 2.05 bits per heavy atom. The Hall–Kier alpha value is -1.06. The lowest BCUT2D eigenvalue weighted by molar-refractivity contribution is -0.189. The lowest BCUT2D eigenvalue weighted by atomic mass is 10.1. The largest absolute Gasteiger partial charge is 0.395 e. The lowest BCUT2D eigenvalue weighted by Gasteiger charge is -2.22. The zero-order valence-corrected chi connectivity index (χ0v) is 11.4. The van der Waals surface area contributed by atoms with Crippen LogP contribution in [0, 0.1) is 5.92 Å². The second kappa shape index (κ2) is 5.74. The van der Waals surface area contributed by atoms with Crippen molar-refractivity contribution >= 4 is 12.1 Å². The molecule has 0 spiro atoms. The molecule has 0 aliphatic carbocycles. The van der Waals surface area contributed by atoms with Gasteiger partial charge >= 0.3 is 0 Å². The quantitative estimate of drug-likeness (QED) is 0.523. The summed E-state index contributed by atoms with van der Waals surface area (Å²) in [5.41, 5.74) is 5.11. The minimum absolute atomic E-state index is 0.216. The topological polar surface area (TPSA) is 124 Å². The van der Waals surface area contributed by atoms with Gasteiger partial charge < -0.3 is 30.2 Å². The minimum Gasteiger partial charge on any atom is -0.395 e. The molecular weight excluding hydrogens is 268 g/mol. The van der Waals surface area contributed by atoms with Crippen molar-refractivity contribution in [3.05, 3.63) is 0 Å². The first kappa shape index (κ1) is 15.3. The van der Waals surface area contributed by atoms with E-state index in [2.05, 4.69) is 4.99 Å². The monoisotopic (exact) mass is 288 g/mol. The molecule has 4 N–H and O–H groups in total. The van der Waals surface area contributed by atoms with Gasteiger partial charge in [-0.05, 0) is 13.8 Å². The van der Waals surface area contributed by atoms with Gasteiger partial charge in [0.05, 0.1) is 19.1 Å². The maximum Gasteiger partial charge on any atom is 0.228 e. The molecule has 2 heterocycles. The molecule has 8 heteroatoms. The number of nitrogens with two attached hydrogens (primary N) is 1. The lowest BCUT2D eigenvalue weighted by Crippen LogP contribution is -2.31. The molecule has 0 radical (unpaired) electrons. The normalized spacial score (nSPS) is 37.2. The fraction of sp³-hybridized carbons (Fsp3) is 0.833. The van der Waals surface area contributed by atoms with Crippen molar-refractivity contribution in [1.29, 1.82) is 0 Å². The Morgan fingerprint density at radius 3 is 2.60 bits per heavy atom. The molecule has 2 aliphatic heterocycles. The zero-order valence-electron chi connectivity index (χ0n) is 11.4. The van der Waals surface area contributed by atoms with Crippen molar-refractivity contribution in [3.8, 4) is 0 Å². The fourth-order valence-electron chi connectivity index (χ4n) is 2.33. The van der Waals surface area contributed by atoms with Gasteiger partial charge in [0.25, 0.3) is 0 Å². The van der Waals surface area contributed by atoms with Crippen molar-refractivity contribution in [2.45, 2.75) is 44.2 Å². The van der Waals surface area contributed by atoms with Crippen LogP contribution in [0.5, 0.6) is 0 Å². The van der Waals surface area contributed by atoms with Crippen molar-refractivity contribution in [3.63, 3.8) is 0 Å². The summed E-state index contributed by atoms with van der Waals surface area (Å²) in [5.74, 6) is -2.32. The number of amides is 1. The average molecular weight is 288 g/mol. The van der Waals surface area contributed by atoms with Crippen LogP contribution in [0.4, 0.5) is 0 Å². The van der Waals surface area contributed by atoms with Crippen LogP contribution in [-0.2, 0) is 19.0 Å². The number of primary amides is 1. The Bertz CT molecular complexity index is 399. The van der Waals surface area contributed by atoms with Gasteiger partial charge in [0.2, 0.25) is 5.91 Å². The highest BCUT2D eigenvalue weighted by Crippen LogP contribution is 2.38. The number of carbonyl (C=O) groups excluding carboxylic acids is 1. The van der Waals surface area contributed by atoms with Crippen LogP contribution in [-0.4, -0.2) is 65.9 Å². The van der Waals surface area contributed by atoms with Gasteiger partial charge in [-0.25, -0.2) is 0 Å². The van der Waals surface area contributed by atoms with Gasteiger partial charge in [0.1, 0.15) is 18.3 Å². The second-order valence-corrected chi connectivity index (χ2v) is 5.30. The third kappa shape index (κ3) is 2.99. The van der Waals surface area contributed by atoms with Crippen molar-refractivity contribution in [1.82, 2.24) is 0 Å². The van der Waals surface area contributed by atoms with Crippen LogP contribution in [0.2, 0.25) is 0 Å². The molecule has 8 nitrogen and oxygen atoms in total. The number of hydrogen-bond acceptors (Lipinski definition) is 7.